The number of aromatic nitrogens is 2. The second-order valence-electron chi connectivity index (χ2n) is 5.55. The lowest BCUT2D eigenvalue weighted by atomic mass is 10.2. The van der Waals surface area contributed by atoms with Crippen molar-refractivity contribution in [2.45, 2.75) is 13.5 Å². The minimum absolute atomic E-state index is 0.400. The predicted molar refractivity (Wildman–Crippen MR) is 109 cm³/mol. The number of thiocarbonyl (C=S) groups is 1. The van der Waals surface area contributed by atoms with Crippen molar-refractivity contribution < 1.29 is 0 Å². The lowest BCUT2D eigenvalue weighted by Crippen LogP contribution is -2.20. The first kappa shape index (κ1) is 17.7. The van der Waals surface area contributed by atoms with E-state index in [9.17, 15) is 0 Å². The number of anilines is 2. The monoisotopic (exact) mass is 390 g/mol. The number of hydrogen-bond donors (Lipinski definition) is 2. The minimum Gasteiger partial charge on any atom is -0.332 e. The molecule has 25 heavy (non-hydrogen) atoms. The van der Waals surface area contributed by atoms with Crippen LogP contribution >= 0.6 is 35.4 Å². The molecule has 0 saturated carbocycles. The molecule has 2 aromatic carbocycles. The molecule has 3 aromatic rings. The van der Waals surface area contributed by atoms with Gasteiger partial charge in [-0.2, -0.15) is 5.10 Å². The molecule has 0 bridgehead atoms. The Hall–Kier alpha value is -2.08. The lowest BCUT2D eigenvalue weighted by molar-refractivity contribution is 0.690. The minimum atomic E-state index is 0.400. The summed E-state index contributed by atoms with van der Waals surface area (Å²) in [7, 11) is 0. The Morgan fingerprint density at radius 1 is 1.12 bits per heavy atom. The van der Waals surface area contributed by atoms with Crippen molar-refractivity contribution in [3.63, 3.8) is 0 Å². The predicted octanol–water partition coefficient (Wildman–Crippen LogP) is 5.36. The molecule has 0 unspecified atom stereocenters. The van der Waals surface area contributed by atoms with Crippen molar-refractivity contribution >= 4 is 52.0 Å². The van der Waals surface area contributed by atoms with Gasteiger partial charge >= 0.3 is 0 Å². The van der Waals surface area contributed by atoms with E-state index in [1.807, 2.05) is 55.5 Å². The molecule has 4 nitrogen and oxygen atoms in total. The van der Waals surface area contributed by atoms with Crippen LogP contribution in [0, 0.1) is 6.92 Å². The molecular formula is C18H16Cl2N4S. The number of halogens is 2. The molecule has 0 aliphatic heterocycles. The van der Waals surface area contributed by atoms with Crippen LogP contribution in [-0.4, -0.2) is 14.9 Å². The van der Waals surface area contributed by atoms with Crippen molar-refractivity contribution in [2.75, 3.05) is 10.6 Å². The van der Waals surface area contributed by atoms with Gasteiger partial charge in [0.1, 0.15) is 5.02 Å². The first-order valence-corrected chi connectivity index (χ1v) is 8.79. The maximum atomic E-state index is 6.26. The molecule has 0 aliphatic carbocycles. The summed E-state index contributed by atoms with van der Waals surface area (Å²) < 4.78 is 1.77. The van der Waals surface area contributed by atoms with E-state index in [4.69, 9.17) is 35.4 Å². The summed E-state index contributed by atoms with van der Waals surface area (Å²) in [4.78, 5) is 0. The van der Waals surface area contributed by atoms with Gasteiger partial charge in [-0.3, -0.25) is 4.68 Å². The molecule has 0 fully saturated rings. The molecule has 7 heteroatoms. The van der Waals surface area contributed by atoms with E-state index in [1.165, 1.54) is 0 Å². The summed E-state index contributed by atoms with van der Waals surface area (Å²) in [5.74, 6) is 0.509. The van der Waals surface area contributed by atoms with Crippen LogP contribution in [-0.2, 0) is 6.54 Å². The second-order valence-corrected chi connectivity index (χ2v) is 6.80. The van der Waals surface area contributed by atoms with Crippen molar-refractivity contribution in [3.05, 3.63) is 75.9 Å². The van der Waals surface area contributed by atoms with E-state index in [1.54, 1.807) is 10.9 Å². The van der Waals surface area contributed by atoms with Gasteiger partial charge in [0, 0.05) is 16.9 Å². The van der Waals surface area contributed by atoms with E-state index in [2.05, 4.69) is 15.7 Å². The quantitative estimate of drug-likeness (QED) is 0.588. The maximum absolute atomic E-state index is 6.26. The fourth-order valence-electron chi connectivity index (χ4n) is 2.32. The topological polar surface area (TPSA) is 41.9 Å². The normalized spacial score (nSPS) is 10.5. The molecule has 3 rings (SSSR count). The summed E-state index contributed by atoms with van der Waals surface area (Å²) in [6.07, 6.45) is 1.77. The average Bonchev–Trinajstić information content (AvgIpc) is 2.91. The summed E-state index contributed by atoms with van der Waals surface area (Å²) in [5.41, 5.74) is 3.02. The lowest BCUT2D eigenvalue weighted by Gasteiger charge is -2.11. The van der Waals surface area contributed by atoms with Crippen LogP contribution in [0.1, 0.15) is 11.1 Å². The van der Waals surface area contributed by atoms with Gasteiger partial charge in [0.05, 0.1) is 6.54 Å². The fraction of sp³-hybridized carbons (Fsp3) is 0.111. The third-order valence-corrected chi connectivity index (χ3v) is 4.30. The Kier molecular flexibility index (Phi) is 5.58. The molecule has 0 aliphatic rings. The van der Waals surface area contributed by atoms with Gasteiger partial charge in [-0.15, -0.1) is 0 Å². The third kappa shape index (κ3) is 4.72. The summed E-state index contributed by atoms with van der Waals surface area (Å²) in [6, 6.07) is 15.6. The molecule has 0 atom stereocenters. The second kappa shape index (κ2) is 7.87. The Labute approximate surface area is 161 Å². The van der Waals surface area contributed by atoms with Crippen LogP contribution in [0.15, 0.2) is 54.7 Å². The molecule has 1 heterocycles. The summed E-state index contributed by atoms with van der Waals surface area (Å²) >= 11 is 17.6. The molecule has 1 aromatic heterocycles. The summed E-state index contributed by atoms with van der Waals surface area (Å²) in [6.45, 7) is 2.61. The van der Waals surface area contributed by atoms with E-state index in [-0.39, 0.29) is 0 Å². The molecule has 2 N–H and O–H groups in total. The average molecular weight is 391 g/mol. The van der Waals surface area contributed by atoms with Crippen molar-refractivity contribution in [3.8, 4) is 0 Å². The largest absolute Gasteiger partial charge is 0.332 e. The molecule has 0 radical (unpaired) electrons. The highest BCUT2D eigenvalue weighted by Crippen LogP contribution is 2.22. The van der Waals surface area contributed by atoms with Gasteiger partial charge in [0.25, 0.3) is 0 Å². The van der Waals surface area contributed by atoms with E-state index in [0.29, 0.717) is 27.5 Å². The van der Waals surface area contributed by atoms with Crippen LogP contribution < -0.4 is 10.6 Å². The standard InChI is InChI=1S/C18H16Cl2N4S/c1-12-7-8-14(19)9-16(12)21-18(25)22-17-15(20)11-24(23-17)10-13-5-3-2-4-6-13/h2-9,11H,10H2,1H3,(H2,21,22,23,25). The van der Waals surface area contributed by atoms with Crippen LogP contribution in [0.5, 0.6) is 0 Å². The molecule has 0 spiro atoms. The molecule has 0 amide bonds. The number of rotatable bonds is 4. The number of nitrogens with zero attached hydrogens (tertiary/aromatic N) is 2. The van der Waals surface area contributed by atoms with Gasteiger partial charge in [0.2, 0.25) is 0 Å². The zero-order valence-corrected chi connectivity index (χ0v) is 15.8. The van der Waals surface area contributed by atoms with Gasteiger partial charge < -0.3 is 10.6 Å². The van der Waals surface area contributed by atoms with Crippen molar-refractivity contribution in [1.29, 1.82) is 0 Å². The van der Waals surface area contributed by atoms with Gasteiger partial charge in [-0.25, -0.2) is 0 Å². The first-order valence-electron chi connectivity index (χ1n) is 7.62. The van der Waals surface area contributed by atoms with E-state index in [0.717, 1.165) is 16.8 Å². The van der Waals surface area contributed by atoms with E-state index < -0.39 is 0 Å². The van der Waals surface area contributed by atoms with E-state index >= 15 is 0 Å². The molecular weight excluding hydrogens is 375 g/mol. The maximum Gasteiger partial charge on any atom is 0.176 e. The van der Waals surface area contributed by atoms with Gasteiger partial charge in [-0.05, 0) is 42.4 Å². The highest BCUT2D eigenvalue weighted by Gasteiger charge is 2.10. The van der Waals surface area contributed by atoms with Crippen molar-refractivity contribution in [2.24, 2.45) is 0 Å². The Morgan fingerprint density at radius 2 is 1.88 bits per heavy atom. The zero-order valence-electron chi connectivity index (χ0n) is 13.5. The first-order chi connectivity index (χ1) is 12.0. The van der Waals surface area contributed by atoms with Gasteiger partial charge in [-0.1, -0.05) is 59.6 Å². The zero-order chi connectivity index (χ0) is 17.8. The highest BCUT2D eigenvalue weighted by atomic mass is 35.5. The highest BCUT2D eigenvalue weighted by molar-refractivity contribution is 7.80. The van der Waals surface area contributed by atoms with Crippen LogP contribution in [0.25, 0.3) is 0 Å². The van der Waals surface area contributed by atoms with Crippen LogP contribution in [0.3, 0.4) is 0 Å². The number of hydrogen-bond acceptors (Lipinski definition) is 2. The fourth-order valence-corrected chi connectivity index (χ4v) is 2.90. The Morgan fingerprint density at radius 3 is 2.64 bits per heavy atom. The number of benzene rings is 2. The smallest absolute Gasteiger partial charge is 0.176 e. The molecule has 128 valence electrons. The van der Waals surface area contributed by atoms with Crippen molar-refractivity contribution in [1.82, 2.24) is 9.78 Å². The molecule has 0 saturated heterocycles. The van der Waals surface area contributed by atoms with Gasteiger partial charge in [0.15, 0.2) is 10.9 Å². The Balaban J connectivity index is 1.68. The summed E-state index contributed by atoms with van der Waals surface area (Å²) in [5, 5.41) is 12.1. The van der Waals surface area contributed by atoms with Crippen LogP contribution in [0.4, 0.5) is 11.5 Å². The van der Waals surface area contributed by atoms with Crippen LogP contribution in [0.2, 0.25) is 10.0 Å². The SMILES string of the molecule is Cc1ccc(Cl)cc1NC(=S)Nc1nn(Cc2ccccc2)cc1Cl. The number of nitrogens with one attached hydrogen (secondary N) is 2. The number of aryl methyl sites for hydroxylation is 1. The Bertz CT molecular complexity index is 893. The third-order valence-electron chi connectivity index (χ3n) is 3.58.